The van der Waals surface area contributed by atoms with Gasteiger partial charge in [-0.15, -0.1) is 24.0 Å². The maximum atomic E-state index is 12.1. The van der Waals surface area contributed by atoms with Crippen LogP contribution in [0.4, 0.5) is 0 Å². The van der Waals surface area contributed by atoms with E-state index in [2.05, 4.69) is 44.2 Å². The van der Waals surface area contributed by atoms with Gasteiger partial charge in [-0.3, -0.25) is 4.99 Å². The highest BCUT2D eigenvalue weighted by Crippen LogP contribution is 2.25. The molecule has 27 heavy (non-hydrogen) atoms. The van der Waals surface area contributed by atoms with Gasteiger partial charge in [0.15, 0.2) is 5.96 Å². The van der Waals surface area contributed by atoms with Crippen LogP contribution in [0.5, 0.6) is 0 Å². The lowest BCUT2D eigenvalue weighted by atomic mass is 9.86. The van der Waals surface area contributed by atoms with Crippen molar-refractivity contribution in [1.29, 1.82) is 0 Å². The Balaban J connectivity index is 0.00000261. The number of halogens is 1. The number of guanidine groups is 1. The summed E-state index contributed by atoms with van der Waals surface area (Å²) in [4.78, 5) is 6.78. The predicted molar refractivity (Wildman–Crippen MR) is 121 cm³/mol. The van der Waals surface area contributed by atoms with E-state index in [0.29, 0.717) is 12.5 Å². The SMILES string of the molecule is CCNC(=NCCS(=O)(=O)NCC1CCC1)N1CCc2ccccc2C1.I. The van der Waals surface area contributed by atoms with Crippen LogP contribution in [0.2, 0.25) is 0 Å². The van der Waals surface area contributed by atoms with Gasteiger partial charge in [0.05, 0.1) is 12.3 Å². The molecule has 152 valence electrons. The van der Waals surface area contributed by atoms with E-state index in [0.717, 1.165) is 44.9 Å². The number of nitrogens with one attached hydrogen (secondary N) is 2. The van der Waals surface area contributed by atoms with Crippen molar-refractivity contribution in [2.75, 3.05) is 31.9 Å². The molecule has 6 nitrogen and oxygen atoms in total. The maximum Gasteiger partial charge on any atom is 0.213 e. The first-order valence-corrected chi connectivity index (χ1v) is 11.3. The summed E-state index contributed by atoms with van der Waals surface area (Å²) in [5.74, 6) is 1.37. The van der Waals surface area contributed by atoms with E-state index in [1.54, 1.807) is 0 Å². The van der Waals surface area contributed by atoms with E-state index in [9.17, 15) is 8.42 Å². The molecular formula is C19H31IN4O2S. The molecule has 1 fully saturated rings. The second-order valence-corrected chi connectivity index (χ2v) is 9.07. The Labute approximate surface area is 180 Å². The number of hydrogen-bond donors (Lipinski definition) is 2. The summed E-state index contributed by atoms with van der Waals surface area (Å²) in [6.45, 7) is 5.37. The Morgan fingerprint density at radius 1 is 1.26 bits per heavy atom. The lowest BCUT2D eigenvalue weighted by Crippen LogP contribution is -2.44. The quantitative estimate of drug-likeness (QED) is 0.339. The zero-order chi connectivity index (χ0) is 18.4. The van der Waals surface area contributed by atoms with Crippen LogP contribution in [-0.2, 0) is 23.0 Å². The molecule has 1 saturated carbocycles. The molecule has 0 radical (unpaired) electrons. The lowest BCUT2D eigenvalue weighted by Gasteiger charge is -2.31. The molecule has 1 aliphatic heterocycles. The van der Waals surface area contributed by atoms with Gasteiger partial charge in [-0.05, 0) is 43.2 Å². The molecule has 1 aliphatic carbocycles. The van der Waals surface area contributed by atoms with Crippen molar-refractivity contribution in [2.24, 2.45) is 10.9 Å². The van der Waals surface area contributed by atoms with Crippen LogP contribution >= 0.6 is 24.0 Å². The third-order valence-corrected chi connectivity index (χ3v) is 6.53. The average Bonchev–Trinajstić information content (AvgIpc) is 2.59. The highest BCUT2D eigenvalue weighted by Gasteiger charge is 2.21. The van der Waals surface area contributed by atoms with Crippen LogP contribution in [0.15, 0.2) is 29.3 Å². The molecule has 1 aromatic rings. The van der Waals surface area contributed by atoms with E-state index < -0.39 is 10.0 Å². The smallest absolute Gasteiger partial charge is 0.213 e. The van der Waals surface area contributed by atoms with Crippen molar-refractivity contribution in [3.63, 3.8) is 0 Å². The molecule has 0 saturated heterocycles. The highest BCUT2D eigenvalue weighted by molar-refractivity contribution is 14.0. The number of sulfonamides is 1. The van der Waals surface area contributed by atoms with E-state index in [1.165, 1.54) is 17.5 Å². The summed E-state index contributed by atoms with van der Waals surface area (Å²) < 4.78 is 27.0. The summed E-state index contributed by atoms with van der Waals surface area (Å²) in [7, 11) is -3.25. The monoisotopic (exact) mass is 506 g/mol. The first kappa shape index (κ1) is 22.4. The topological polar surface area (TPSA) is 73.8 Å². The zero-order valence-corrected chi connectivity index (χ0v) is 19.1. The second kappa shape index (κ2) is 10.6. The van der Waals surface area contributed by atoms with Crippen LogP contribution in [0, 0.1) is 5.92 Å². The number of benzene rings is 1. The van der Waals surface area contributed by atoms with E-state index in [1.807, 2.05) is 6.92 Å². The van der Waals surface area contributed by atoms with Crippen LogP contribution in [-0.4, -0.2) is 51.2 Å². The molecule has 2 aliphatic rings. The van der Waals surface area contributed by atoms with Crippen LogP contribution in [0.1, 0.15) is 37.3 Å². The first-order chi connectivity index (χ1) is 12.6. The molecule has 0 atom stereocenters. The molecular weight excluding hydrogens is 475 g/mol. The molecule has 0 amide bonds. The van der Waals surface area contributed by atoms with Crippen molar-refractivity contribution in [3.8, 4) is 0 Å². The van der Waals surface area contributed by atoms with Gasteiger partial charge in [0.25, 0.3) is 0 Å². The van der Waals surface area contributed by atoms with Crippen LogP contribution < -0.4 is 10.0 Å². The Morgan fingerprint density at radius 2 is 2.00 bits per heavy atom. The summed E-state index contributed by atoms with van der Waals surface area (Å²) in [6, 6.07) is 8.47. The minimum atomic E-state index is -3.25. The van der Waals surface area contributed by atoms with Gasteiger partial charge >= 0.3 is 0 Å². The fraction of sp³-hybridized carbons (Fsp3) is 0.632. The van der Waals surface area contributed by atoms with Gasteiger partial charge in [-0.2, -0.15) is 0 Å². The van der Waals surface area contributed by atoms with Crippen molar-refractivity contribution < 1.29 is 8.42 Å². The molecule has 0 spiro atoms. The molecule has 0 aromatic heterocycles. The van der Waals surface area contributed by atoms with Crippen molar-refractivity contribution in [3.05, 3.63) is 35.4 Å². The van der Waals surface area contributed by atoms with Crippen molar-refractivity contribution in [1.82, 2.24) is 14.9 Å². The van der Waals surface area contributed by atoms with Crippen LogP contribution in [0.25, 0.3) is 0 Å². The number of hydrogen-bond acceptors (Lipinski definition) is 3. The predicted octanol–water partition coefficient (Wildman–Crippen LogP) is 2.35. The summed E-state index contributed by atoms with van der Waals surface area (Å²) >= 11 is 0. The van der Waals surface area contributed by atoms with Gasteiger partial charge in [0.1, 0.15) is 0 Å². The third-order valence-electron chi connectivity index (χ3n) is 5.20. The zero-order valence-electron chi connectivity index (χ0n) is 16.0. The molecule has 1 aromatic carbocycles. The Kier molecular flexibility index (Phi) is 8.81. The normalized spacial score (nSPS) is 17.7. The fourth-order valence-corrected chi connectivity index (χ4v) is 4.35. The van der Waals surface area contributed by atoms with Gasteiger partial charge in [0.2, 0.25) is 10.0 Å². The molecule has 3 rings (SSSR count). The average molecular weight is 506 g/mol. The third kappa shape index (κ3) is 6.60. The van der Waals surface area contributed by atoms with E-state index in [-0.39, 0.29) is 36.3 Å². The first-order valence-electron chi connectivity index (χ1n) is 9.65. The number of aliphatic imine (C=N–C) groups is 1. The Morgan fingerprint density at radius 3 is 2.67 bits per heavy atom. The van der Waals surface area contributed by atoms with E-state index >= 15 is 0 Å². The number of fused-ring (bicyclic) bond motifs is 1. The van der Waals surface area contributed by atoms with Gasteiger partial charge in [0, 0.05) is 26.2 Å². The standard InChI is InChI=1S/C19H30N4O2S.HI/c1-2-20-19(23-12-10-17-8-3-4-9-18(17)15-23)21-11-13-26(24,25)22-14-16-6-5-7-16;/h3-4,8-9,16,22H,2,5-7,10-15H2,1H3,(H,20,21);1H. The Hall–Kier alpha value is -0.870. The second-order valence-electron chi connectivity index (χ2n) is 7.14. The number of rotatable bonds is 7. The minimum Gasteiger partial charge on any atom is -0.357 e. The molecule has 0 unspecified atom stereocenters. The van der Waals surface area contributed by atoms with E-state index in [4.69, 9.17) is 0 Å². The van der Waals surface area contributed by atoms with Crippen LogP contribution in [0.3, 0.4) is 0 Å². The highest BCUT2D eigenvalue weighted by atomic mass is 127. The van der Waals surface area contributed by atoms with Gasteiger partial charge in [-0.25, -0.2) is 13.1 Å². The Bertz CT molecular complexity index is 735. The summed E-state index contributed by atoms with van der Waals surface area (Å²) in [5, 5.41) is 3.30. The maximum absolute atomic E-state index is 12.1. The summed E-state index contributed by atoms with van der Waals surface area (Å²) in [6.07, 6.45) is 4.49. The largest absolute Gasteiger partial charge is 0.357 e. The lowest BCUT2D eigenvalue weighted by molar-refractivity contribution is 0.316. The molecule has 0 bridgehead atoms. The van der Waals surface area contributed by atoms with Crippen molar-refractivity contribution in [2.45, 2.75) is 39.2 Å². The minimum absolute atomic E-state index is 0. The van der Waals surface area contributed by atoms with Crippen molar-refractivity contribution >= 4 is 40.0 Å². The fourth-order valence-electron chi connectivity index (χ4n) is 3.39. The molecule has 8 heteroatoms. The number of nitrogens with zero attached hydrogens (tertiary/aromatic N) is 2. The van der Waals surface area contributed by atoms with Gasteiger partial charge < -0.3 is 10.2 Å². The van der Waals surface area contributed by atoms with Gasteiger partial charge in [-0.1, -0.05) is 30.7 Å². The molecule has 1 heterocycles. The molecule has 2 N–H and O–H groups in total. The summed E-state index contributed by atoms with van der Waals surface area (Å²) in [5.41, 5.74) is 2.71.